The smallest absolute Gasteiger partial charge is 0.254 e. The van der Waals surface area contributed by atoms with Crippen molar-refractivity contribution in [2.45, 2.75) is 27.7 Å². The molecule has 0 spiro atoms. The van der Waals surface area contributed by atoms with Gasteiger partial charge in [0.1, 0.15) is 5.52 Å². The Morgan fingerprint density at radius 3 is 2.47 bits per heavy atom. The van der Waals surface area contributed by atoms with Crippen molar-refractivity contribution >= 4 is 40.2 Å². The molecule has 0 aliphatic carbocycles. The topological polar surface area (TPSA) is 125 Å². The Bertz CT molecular complexity index is 1480. The van der Waals surface area contributed by atoms with Crippen LogP contribution in [0, 0.1) is 12.3 Å². The average molecular weight is 514 g/mol. The van der Waals surface area contributed by atoms with Crippen LogP contribution >= 0.6 is 0 Å². The van der Waals surface area contributed by atoms with Crippen molar-refractivity contribution in [2.75, 3.05) is 36.9 Å². The van der Waals surface area contributed by atoms with Gasteiger partial charge in [-0.2, -0.15) is 0 Å². The molecular formula is C28H31N7O3. The zero-order valence-electron chi connectivity index (χ0n) is 22.0. The number of morpholine rings is 1. The molecule has 0 atom stereocenters. The summed E-state index contributed by atoms with van der Waals surface area (Å²) in [5.41, 5.74) is 4.41. The molecule has 0 unspecified atom stereocenters. The number of nitrogens with one attached hydrogen (secondary N) is 3. The summed E-state index contributed by atoms with van der Waals surface area (Å²) in [5.74, 6) is 0.960. The first-order valence-electron chi connectivity index (χ1n) is 12.6. The maximum absolute atomic E-state index is 12.8. The van der Waals surface area contributed by atoms with Gasteiger partial charge in [0.05, 0.1) is 19.5 Å². The highest BCUT2D eigenvalue weighted by Crippen LogP contribution is 2.31. The fourth-order valence-corrected chi connectivity index (χ4v) is 4.15. The molecule has 1 saturated heterocycles. The van der Waals surface area contributed by atoms with Gasteiger partial charge in [0.25, 0.3) is 5.91 Å². The number of hydrogen-bond donors (Lipinski definition) is 3. The molecule has 0 saturated carbocycles. The molecule has 2 aromatic carbocycles. The highest BCUT2D eigenvalue weighted by atomic mass is 16.5. The van der Waals surface area contributed by atoms with E-state index in [0.717, 1.165) is 16.8 Å². The molecule has 2 aromatic heterocycles. The molecule has 196 valence electrons. The van der Waals surface area contributed by atoms with E-state index < -0.39 is 5.41 Å². The molecule has 1 fully saturated rings. The summed E-state index contributed by atoms with van der Waals surface area (Å²) in [6.45, 7) is 9.88. The van der Waals surface area contributed by atoms with Crippen molar-refractivity contribution < 1.29 is 14.3 Å². The largest absolute Gasteiger partial charge is 0.378 e. The first-order valence-corrected chi connectivity index (χ1v) is 12.6. The molecule has 3 heterocycles. The van der Waals surface area contributed by atoms with Gasteiger partial charge in [-0.15, -0.1) is 0 Å². The molecule has 1 aliphatic heterocycles. The summed E-state index contributed by atoms with van der Waals surface area (Å²) in [6.07, 6.45) is 1.57. The van der Waals surface area contributed by atoms with Crippen LogP contribution < -0.4 is 10.6 Å². The maximum Gasteiger partial charge on any atom is 0.254 e. The molecular weight excluding hydrogens is 482 g/mol. The van der Waals surface area contributed by atoms with Gasteiger partial charge in [0, 0.05) is 41.0 Å². The number of carbonyl (C=O) groups is 2. The minimum Gasteiger partial charge on any atom is -0.378 e. The molecule has 2 amide bonds. The van der Waals surface area contributed by atoms with E-state index >= 15 is 0 Å². The van der Waals surface area contributed by atoms with Gasteiger partial charge in [0.2, 0.25) is 5.91 Å². The quantitative estimate of drug-likeness (QED) is 0.358. The van der Waals surface area contributed by atoms with Crippen LogP contribution in [0.3, 0.4) is 0 Å². The third-order valence-electron chi connectivity index (χ3n) is 6.48. The van der Waals surface area contributed by atoms with Crippen LogP contribution in [0.15, 0.2) is 48.8 Å². The summed E-state index contributed by atoms with van der Waals surface area (Å²) in [6, 6.07) is 13.0. The predicted molar refractivity (Wildman–Crippen MR) is 146 cm³/mol. The van der Waals surface area contributed by atoms with E-state index in [1.165, 1.54) is 0 Å². The number of anilines is 3. The van der Waals surface area contributed by atoms with Gasteiger partial charge in [0.15, 0.2) is 17.3 Å². The van der Waals surface area contributed by atoms with Crippen LogP contribution in [0.25, 0.3) is 22.6 Å². The van der Waals surface area contributed by atoms with E-state index in [1.807, 2.05) is 58.0 Å². The number of H-pyrrole nitrogens is 1. The molecule has 0 bridgehead atoms. The monoisotopic (exact) mass is 513 g/mol. The third kappa shape index (κ3) is 5.21. The lowest BCUT2D eigenvalue weighted by molar-refractivity contribution is -0.123. The van der Waals surface area contributed by atoms with Gasteiger partial charge in [-0.05, 0) is 42.8 Å². The van der Waals surface area contributed by atoms with E-state index in [-0.39, 0.29) is 11.8 Å². The Morgan fingerprint density at radius 1 is 1.03 bits per heavy atom. The Labute approximate surface area is 220 Å². The van der Waals surface area contributed by atoms with Gasteiger partial charge < -0.3 is 25.3 Å². The van der Waals surface area contributed by atoms with E-state index in [9.17, 15) is 9.59 Å². The number of aromatic amines is 1. The Balaban J connectivity index is 1.43. The van der Waals surface area contributed by atoms with Gasteiger partial charge in [-0.1, -0.05) is 32.9 Å². The van der Waals surface area contributed by atoms with Gasteiger partial charge >= 0.3 is 0 Å². The summed E-state index contributed by atoms with van der Waals surface area (Å²) in [7, 11) is 0. The normalized spacial score (nSPS) is 13.9. The number of amides is 2. The zero-order chi connectivity index (χ0) is 26.9. The summed E-state index contributed by atoms with van der Waals surface area (Å²) >= 11 is 0. The van der Waals surface area contributed by atoms with Crippen molar-refractivity contribution in [1.29, 1.82) is 0 Å². The van der Waals surface area contributed by atoms with Crippen LogP contribution in [0.2, 0.25) is 0 Å². The average Bonchev–Trinajstić information content (AvgIpc) is 3.39. The molecule has 3 N–H and O–H groups in total. The Hall–Kier alpha value is -4.31. The van der Waals surface area contributed by atoms with E-state index in [0.29, 0.717) is 60.4 Å². The van der Waals surface area contributed by atoms with Crippen molar-refractivity contribution in [1.82, 2.24) is 24.8 Å². The summed E-state index contributed by atoms with van der Waals surface area (Å²) in [5, 5.41) is 6.35. The lowest BCUT2D eigenvalue weighted by atomic mass is 9.95. The highest BCUT2D eigenvalue weighted by molar-refractivity contribution is 5.96. The van der Waals surface area contributed by atoms with Crippen LogP contribution in [0.4, 0.5) is 17.2 Å². The molecule has 10 nitrogen and oxygen atoms in total. The Morgan fingerprint density at radius 2 is 1.76 bits per heavy atom. The second-order valence-corrected chi connectivity index (χ2v) is 10.3. The van der Waals surface area contributed by atoms with E-state index in [2.05, 4.69) is 25.6 Å². The number of rotatable bonds is 5. The van der Waals surface area contributed by atoms with Crippen molar-refractivity contribution in [2.24, 2.45) is 5.41 Å². The molecule has 4 aromatic rings. The number of carbonyl (C=O) groups excluding carboxylic acids is 2. The van der Waals surface area contributed by atoms with Crippen molar-refractivity contribution in [3.8, 4) is 11.4 Å². The minimum atomic E-state index is -0.521. The van der Waals surface area contributed by atoms with Gasteiger partial charge in [-0.3, -0.25) is 9.59 Å². The first kappa shape index (κ1) is 25.3. The molecule has 5 rings (SSSR count). The van der Waals surface area contributed by atoms with E-state index in [4.69, 9.17) is 9.72 Å². The third-order valence-corrected chi connectivity index (χ3v) is 6.48. The molecule has 38 heavy (non-hydrogen) atoms. The van der Waals surface area contributed by atoms with Crippen LogP contribution in [0.5, 0.6) is 0 Å². The summed E-state index contributed by atoms with van der Waals surface area (Å²) in [4.78, 5) is 44.1. The van der Waals surface area contributed by atoms with Crippen LogP contribution in [0.1, 0.15) is 36.7 Å². The number of aromatic nitrogens is 4. The molecule has 1 aliphatic rings. The summed E-state index contributed by atoms with van der Waals surface area (Å²) < 4.78 is 5.34. The highest BCUT2D eigenvalue weighted by Gasteiger charge is 2.23. The number of fused-ring (bicyclic) bond motifs is 1. The molecule has 10 heteroatoms. The molecule has 0 radical (unpaired) electrons. The van der Waals surface area contributed by atoms with Crippen LogP contribution in [-0.4, -0.2) is 63.0 Å². The maximum atomic E-state index is 12.8. The SMILES string of the molecule is Cc1c(NC(=O)C(C)(C)C)cccc1-c1nc(Nc2ccc(C(=O)N3CCOCC3)cc2)c2[nH]cnc2n1. The zero-order valence-corrected chi connectivity index (χ0v) is 22.0. The number of hydrogen-bond acceptors (Lipinski definition) is 7. The number of imidazole rings is 1. The second-order valence-electron chi connectivity index (χ2n) is 10.3. The van der Waals surface area contributed by atoms with E-state index in [1.54, 1.807) is 23.4 Å². The standard InChI is InChI=1S/C28H31N7O3/c1-17-20(6-5-7-21(17)32-27(37)28(2,3)4)23-33-24-22(29-16-30-24)25(34-23)31-19-10-8-18(9-11-19)26(36)35-12-14-38-15-13-35/h5-11,16H,12-15H2,1-4H3,(H,32,37)(H2,29,30,31,33,34). The number of ether oxygens (including phenoxy) is 1. The number of nitrogens with zero attached hydrogens (tertiary/aromatic N) is 4. The van der Waals surface area contributed by atoms with Crippen molar-refractivity contribution in [3.63, 3.8) is 0 Å². The second kappa shape index (κ2) is 10.2. The predicted octanol–water partition coefficient (Wildman–Crippen LogP) is 4.53. The first-order chi connectivity index (χ1) is 18.2. The van der Waals surface area contributed by atoms with Crippen molar-refractivity contribution in [3.05, 3.63) is 59.9 Å². The Kier molecular flexibility index (Phi) is 6.81. The lowest BCUT2D eigenvalue weighted by Crippen LogP contribution is -2.40. The minimum absolute atomic E-state index is 0.00552. The number of benzene rings is 2. The fraction of sp³-hybridized carbons (Fsp3) is 0.321. The van der Waals surface area contributed by atoms with Crippen LogP contribution in [-0.2, 0) is 9.53 Å². The lowest BCUT2D eigenvalue weighted by Gasteiger charge is -2.26. The fourth-order valence-electron chi connectivity index (χ4n) is 4.15. The van der Waals surface area contributed by atoms with Gasteiger partial charge in [-0.25, -0.2) is 15.0 Å².